The van der Waals surface area contributed by atoms with Gasteiger partial charge in [-0.1, -0.05) is 13.0 Å². The van der Waals surface area contributed by atoms with Crippen LogP contribution in [-0.2, 0) is 4.74 Å². The molecule has 1 unspecified atom stereocenters. The van der Waals surface area contributed by atoms with Gasteiger partial charge in [0.1, 0.15) is 6.61 Å². The van der Waals surface area contributed by atoms with Gasteiger partial charge in [-0.25, -0.2) is 8.78 Å². The second kappa shape index (κ2) is 8.29. The van der Waals surface area contributed by atoms with E-state index < -0.39 is 19.0 Å². The Morgan fingerprint density at radius 3 is 2.62 bits per heavy atom. The first-order valence-corrected chi connectivity index (χ1v) is 6.75. The third-order valence-electron chi connectivity index (χ3n) is 2.84. The summed E-state index contributed by atoms with van der Waals surface area (Å²) >= 11 is 0. The van der Waals surface area contributed by atoms with Crippen LogP contribution in [0.3, 0.4) is 0 Å². The summed E-state index contributed by atoms with van der Waals surface area (Å²) in [4.78, 5) is 4.03. The summed E-state index contributed by atoms with van der Waals surface area (Å²) in [7, 11) is 0. The molecule has 7 heteroatoms. The normalized spacial score (nSPS) is 13.7. The summed E-state index contributed by atoms with van der Waals surface area (Å²) in [6, 6.07) is 1.50. The van der Waals surface area contributed by atoms with Crippen molar-refractivity contribution in [3.8, 4) is 0 Å². The average molecular weight is 308 g/mol. The molecule has 1 aromatic heterocycles. The van der Waals surface area contributed by atoms with Crippen molar-refractivity contribution in [2.45, 2.75) is 38.7 Å². The molecule has 0 aliphatic carbocycles. The lowest BCUT2D eigenvalue weighted by atomic mass is 10.1. The lowest BCUT2D eigenvalue weighted by Gasteiger charge is -2.21. The monoisotopic (exact) mass is 308 g/mol. The van der Waals surface area contributed by atoms with E-state index in [0.717, 1.165) is 17.5 Å². The lowest BCUT2D eigenvalue weighted by molar-refractivity contribution is -0.167. The molecule has 0 aromatic carbocycles. The van der Waals surface area contributed by atoms with Crippen LogP contribution in [0.5, 0.6) is 0 Å². The Hall–Kier alpha value is -1.21. The van der Waals surface area contributed by atoms with Gasteiger partial charge in [-0.3, -0.25) is 4.98 Å². The van der Waals surface area contributed by atoms with Crippen molar-refractivity contribution in [1.82, 2.24) is 10.3 Å². The Bertz CT molecular complexity index is 429. The zero-order valence-corrected chi connectivity index (χ0v) is 12.1. The molecule has 3 nitrogen and oxygen atoms in total. The molecule has 1 atom stereocenters. The molecular weight excluding hydrogens is 288 g/mol. The van der Waals surface area contributed by atoms with Crippen molar-refractivity contribution in [1.29, 1.82) is 0 Å². The predicted octanol–water partition coefficient (Wildman–Crippen LogP) is 3.35. The van der Waals surface area contributed by atoms with Gasteiger partial charge in [0, 0.05) is 12.4 Å². The van der Waals surface area contributed by atoms with Crippen LogP contribution in [0.25, 0.3) is 0 Å². The third-order valence-corrected chi connectivity index (χ3v) is 2.84. The van der Waals surface area contributed by atoms with Crippen LogP contribution in [0.15, 0.2) is 18.5 Å². The van der Waals surface area contributed by atoms with Gasteiger partial charge >= 0.3 is 12.3 Å². The minimum Gasteiger partial charge on any atom is -0.373 e. The first-order valence-electron chi connectivity index (χ1n) is 6.75. The van der Waals surface area contributed by atoms with Crippen molar-refractivity contribution < 1.29 is 22.3 Å². The number of aromatic nitrogens is 1. The average Bonchev–Trinajstić information content (AvgIpc) is 2.42. The molecule has 0 saturated heterocycles. The fraction of sp³-hybridized carbons (Fsp3) is 0.643. The van der Waals surface area contributed by atoms with E-state index in [-0.39, 0.29) is 12.6 Å². The maximum atomic E-state index is 12.8. The Morgan fingerprint density at radius 2 is 2.05 bits per heavy atom. The van der Waals surface area contributed by atoms with E-state index in [4.69, 9.17) is 4.74 Å². The topological polar surface area (TPSA) is 34.1 Å². The van der Waals surface area contributed by atoms with Gasteiger partial charge in [-0.05, 0) is 31.0 Å². The zero-order valence-electron chi connectivity index (χ0n) is 12.1. The first-order chi connectivity index (χ1) is 9.86. The molecule has 21 heavy (non-hydrogen) atoms. The maximum Gasteiger partial charge on any atom is 0.330 e. The van der Waals surface area contributed by atoms with Gasteiger partial charge in [-0.2, -0.15) is 8.78 Å². The van der Waals surface area contributed by atoms with E-state index in [1.807, 2.05) is 19.9 Å². The van der Waals surface area contributed by atoms with E-state index in [9.17, 15) is 17.6 Å². The summed E-state index contributed by atoms with van der Waals surface area (Å²) in [5.74, 6) is -4.12. The molecule has 0 saturated carbocycles. The van der Waals surface area contributed by atoms with Crippen LogP contribution in [0.4, 0.5) is 17.6 Å². The number of nitrogens with one attached hydrogen (secondary N) is 1. The Labute approximate surface area is 121 Å². The smallest absolute Gasteiger partial charge is 0.330 e. The second-order valence-electron chi connectivity index (χ2n) is 4.88. The largest absolute Gasteiger partial charge is 0.373 e. The summed E-state index contributed by atoms with van der Waals surface area (Å²) in [5, 5.41) is 3.13. The zero-order chi connectivity index (χ0) is 15.9. The number of nitrogens with zero attached hydrogens (tertiary/aromatic N) is 1. The summed E-state index contributed by atoms with van der Waals surface area (Å²) in [5.41, 5.74) is 1.71. The summed E-state index contributed by atoms with van der Waals surface area (Å²) < 4.78 is 54.5. The van der Waals surface area contributed by atoms with Crippen molar-refractivity contribution in [2.75, 3.05) is 19.8 Å². The minimum atomic E-state index is -4.12. The molecule has 1 aromatic rings. The summed E-state index contributed by atoms with van der Waals surface area (Å²) in [6.45, 7) is 3.07. The first kappa shape index (κ1) is 17.8. The molecule has 0 aliphatic rings. The number of halogens is 4. The Morgan fingerprint density at radius 1 is 1.33 bits per heavy atom. The van der Waals surface area contributed by atoms with E-state index in [1.54, 1.807) is 12.4 Å². The molecule has 0 aliphatic heterocycles. The number of alkyl halides is 4. The van der Waals surface area contributed by atoms with Crippen LogP contribution >= 0.6 is 0 Å². The number of pyridine rings is 1. The number of ether oxygens (including phenoxy) is 1. The van der Waals surface area contributed by atoms with Crippen LogP contribution in [0.2, 0.25) is 0 Å². The van der Waals surface area contributed by atoms with E-state index in [0.29, 0.717) is 6.54 Å². The van der Waals surface area contributed by atoms with Gasteiger partial charge in [0.15, 0.2) is 0 Å². The molecule has 0 bridgehead atoms. The van der Waals surface area contributed by atoms with Crippen LogP contribution in [0, 0.1) is 6.92 Å². The highest BCUT2D eigenvalue weighted by atomic mass is 19.3. The molecule has 120 valence electrons. The molecule has 1 heterocycles. The van der Waals surface area contributed by atoms with Crippen LogP contribution in [-0.4, -0.2) is 37.1 Å². The van der Waals surface area contributed by atoms with E-state index >= 15 is 0 Å². The molecule has 1 N–H and O–H groups in total. The van der Waals surface area contributed by atoms with Gasteiger partial charge in [0.25, 0.3) is 0 Å². The highest BCUT2D eigenvalue weighted by molar-refractivity contribution is 5.20. The van der Waals surface area contributed by atoms with Crippen LogP contribution < -0.4 is 5.32 Å². The number of aryl methyl sites for hydroxylation is 1. The van der Waals surface area contributed by atoms with Crippen molar-refractivity contribution in [3.63, 3.8) is 0 Å². The minimum absolute atomic E-state index is 0.118. The fourth-order valence-corrected chi connectivity index (χ4v) is 1.74. The maximum absolute atomic E-state index is 12.8. The van der Waals surface area contributed by atoms with E-state index in [1.165, 1.54) is 0 Å². The molecule has 0 amide bonds. The quantitative estimate of drug-likeness (QED) is 0.710. The van der Waals surface area contributed by atoms with Crippen molar-refractivity contribution in [3.05, 3.63) is 29.6 Å². The van der Waals surface area contributed by atoms with E-state index in [2.05, 4.69) is 10.3 Å². The Kier molecular flexibility index (Phi) is 7.04. The standard InChI is InChI=1S/C14H20F4N2O/c1-3-4-20-12(11-5-10(2)6-19-7-11)8-21-9-14(17,18)13(15)16/h5-7,12-13,20H,3-4,8-9H2,1-2H3. The number of hydrogen-bond donors (Lipinski definition) is 1. The van der Waals surface area contributed by atoms with Gasteiger partial charge in [0.05, 0.1) is 12.6 Å². The predicted molar refractivity (Wildman–Crippen MR) is 71.8 cm³/mol. The summed E-state index contributed by atoms with van der Waals surface area (Å²) in [6.07, 6.45) is 0.407. The van der Waals surface area contributed by atoms with Crippen molar-refractivity contribution in [2.24, 2.45) is 0 Å². The molecule has 0 fully saturated rings. The highest BCUT2D eigenvalue weighted by Gasteiger charge is 2.41. The SMILES string of the molecule is CCCNC(COCC(F)(F)C(F)F)c1cncc(C)c1. The number of rotatable bonds is 9. The Balaban J connectivity index is 2.63. The van der Waals surface area contributed by atoms with Crippen LogP contribution in [0.1, 0.15) is 30.5 Å². The molecule has 1 rings (SSSR count). The second-order valence-corrected chi connectivity index (χ2v) is 4.88. The lowest BCUT2D eigenvalue weighted by Crippen LogP contribution is -2.34. The fourth-order valence-electron chi connectivity index (χ4n) is 1.74. The van der Waals surface area contributed by atoms with Gasteiger partial charge < -0.3 is 10.1 Å². The molecule has 0 spiro atoms. The van der Waals surface area contributed by atoms with Crippen molar-refractivity contribution >= 4 is 0 Å². The van der Waals surface area contributed by atoms with Gasteiger partial charge in [0.2, 0.25) is 0 Å². The number of hydrogen-bond acceptors (Lipinski definition) is 3. The third kappa shape index (κ3) is 5.97. The highest BCUT2D eigenvalue weighted by Crippen LogP contribution is 2.23. The molecular formula is C14H20F4N2O. The molecule has 0 radical (unpaired) electrons. The van der Waals surface area contributed by atoms with Gasteiger partial charge in [-0.15, -0.1) is 0 Å².